The van der Waals surface area contributed by atoms with Crippen molar-refractivity contribution in [2.45, 2.75) is 25.9 Å². The van der Waals surface area contributed by atoms with Crippen LogP contribution in [0.4, 0.5) is 0 Å². The van der Waals surface area contributed by atoms with Gasteiger partial charge in [-0.1, -0.05) is 12.1 Å². The second kappa shape index (κ2) is 7.11. The van der Waals surface area contributed by atoms with Gasteiger partial charge in [-0.15, -0.1) is 12.4 Å². The molecular formula is C13H20ClN3O2. The molecular weight excluding hydrogens is 266 g/mol. The van der Waals surface area contributed by atoms with Gasteiger partial charge in [0.05, 0.1) is 5.54 Å². The molecule has 0 fully saturated rings. The average molecular weight is 286 g/mol. The molecule has 0 aliphatic carbocycles. The predicted molar refractivity (Wildman–Crippen MR) is 77.2 cm³/mol. The Hall–Kier alpha value is -1.59. The van der Waals surface area contributed by atoms with Crippen LogP contribution in [0.1, 0.15) is 29.8 Å². The topological polar surface area (TPSA) is 84.2 Å². The van der Waals surface area contributed by atoms with E-state index in [2.05, 4.69) is 10.6 Å². The number of nitrogens with two attached hydrogens (primary N) is 1. The fourth-order valence-electron chi connectivity index (χ4n) is 1.33. The van der Waals surface area contributed by atoms with Crippen molar-refractivity contribution in [2.24, 2.45) is 5.73 Å². The van der Waals surface area contributed by atoms with Gasteiger partial charge in [0.2, 0.25) is 5.91 Å². The first-order chi connectivity index (χ1) is 8.34. The van der Waals surface area contributed by atoms with Crippen LogP contribution in [0.25, 0.3) is 0 Å². The Morgan fingerprint density at radius 3 is 2.16 bits per heavy atom. The first-order valence-corrected chi connectivity index (χ1v) is 5.73. The molecule has 19 heavy (non-hydrogen) atoms. The summed E-state index contributed by atoms with van der Waals surface area (Å²) < 4.78 is 0. The lowest BCUT2D eigenvalue weighted by Gasteiger charge is -2.17. The van der Waals surface area contributed by atoms with Crippen LogP contribution in [0.5, 0.6) is 0 Å². The SMILES string of the molecule is CNC(=O)c1ccc(CNC(=O)C(C)(C)N)cc1.Cl. The lowest BCUT2D eigenvalue weighted by atomic mass is 10.1. The van der Waals surface area contributed by atoms with Crippen LogP contribution in [-0.4, -0.2) is 24.4 Å². The highest BCUT2D eigenvalue weighted by molar-refractivity contribution is 5.94. The van der Waals surface area contributed by atoms with Crippen molar-refractivity contribution in [1.29, 1.82) is 0 Å². The first-order valence-electron chi connectivity index (χ1n) is 5.73. The largest absolute Gasteiger partial charge is 0.355 e. The van der Waals surface area contributed by atoms with E-state index in [9.17, 15) is 9.59 Å². The quantitative estimate of drug-likeness (QED) is 0.766. The molecule has 0 atom stereocenters. The van der Waals surface area contributed by atoms with Crippen molar-refractivity contribution >= 4 is 24.2 Å². The van der Waals surface area contributed by atoms with Crippen LogP contribution in [0.3, 0.4) is 0 Å². The third-order valence-electron chi connectivity index (χ3n) is 2.48. The highest BCUT2D eigenvalue weighted by atomic mass is 35.5. The van der Waals surface area contributed by atoms with E-state index in [1.165, 1.54) is 0 Å². The molecule has 1 rings (SSSR count). The lowest BCUT2D eigenvalue weighted by molar-refractivity contribution is -0.125. The average Bonchev–Trinajstić information content (AvgIpc) is 2.34. The third kappa shape index (κ3) is 5.28. The number of nitrogens with one attached hydrogen (secondary N) is 2. The zero-order valence-electron chi connectivity index (χ0n) is 11.3. The minimum Gasteiger partial charge on any atom is -0.355 e. The number of rotatable bonds is 4. The fraction of sp³-hybridized carbons (Fsp3) is 0.385. The summed E-state index contributed by atoms with van der Waals surface area (Å²) in [7, 11) is 1.58. The van der Waals surface area contributed by atoms with Gasteiger partial charge in [0.1, 0.15) is 0 Å². The van der Waals surface area contributed by atoms with Crippen LogP contribution < -0.4 is 16.4 Å². The van der Waals surface area contributed by atoms with E-state index in [1.54, 1.807) is 45.2 Å². The Morgan fingerprint density at radius 1 is 1.21 bits per heavy atom. The molecule has 0 spiro atoms. The van der Waals surface area contributed by atoms with Crippen molar-refractivity contribution in [3.8, 4) is 0 Å². The van der Waals surface area contributed by atoms with Gasteiger partial charge in [0.25, 0.3) is 5.91 Å². The molecule has 2 amide bonds. The normalized spacial score (nSPS) is 10.3. The fourth-order valence-corrected chi connectivity index (χ4v) is 1.33. The summed E-state index contributed by atoms with van der Waals surface area (Å²) in [4.78, 5) is 22.9. The Labute approximate surface area is 119 Å². The van der Waals surface area contributed by atoms with Crippen molar-refractivity contribution < 1.29 is 9.59 Å². The van der Waals surface area contributed by atoms with Gasteiger partial charge in [-0.3, -0.25) is 9.59 Å². The molecule has 0 aliphatic heterocycles. The predicted octanol–water partition coefficient (Wildman–Crippen LogP) is 0.821. The minimum atomic E-state index is -0.887. The number of hydrogen-bond donors (Lipinski definition) is 3. The van der Waals surface area contributed by atoms with Crippen LogP contribution in [0.2, 0.25) is 0 Å². The van der Waals surface area contributed by atoms with E-state index in [0.717, 1.165) is 5.56 Å². The van der Waals surface area contributed by atoms with Crippen LogP contribution in [0.15, 0.2) is 24.3 Å². The van der Waals surface area contributed by atoms with Gasteiger partial charge in [0.15, 0.2) is 0 Å². The van der Waals surface area contributed by atoms with E-state index in [1.807, 2.05) is 0 Å². The summed E-state index contributed by atoms with van der Waals surface area (Å²) in [5, 5.41) is 5.28. The maximum absolute atomic E-state index is 11.6. The Balaban J connectivity index is 0.00000324. The number of amides is 2. The maximum Gasteiger partial charge on any atom is 0.251 e. The number of carbonyl (C=O) groups is 2. The monoisotopic (exact) mass is 285 g/mol. The van der Waals surface area contributed by atoms with Gasteiger partial charge in [-0.05, 0) is 31.5 Å². The lowest BCUT2D eigenvalue weighted by Crippen LogP contribution is -2.48. The number of hydrogen-bond acceptors (Lipinski definition) is 3. The molecule has 5 nitrogen and oxygen atoms in total. The van der Waals surface area contributed by atoms with E-state index < -0.39 is 5.54 Å². The molecule has 0 unspecified atom stereocenters. The minimum absolute atomic E-state index is 0. The van der Waals surface area contributed by atoms with Gasteiger partial charge in [-0.25, -0.2) is 0 Å². The molecule has 4 N–H and O–H groups in total. The van der Waals surface area contributed by atoms with Gasteiger partial charge in [0, 0.05) is 19.2 Å². The first kappa shape index (κ1) is 17.4. The van der Waals surface area contributed by atoms with Crippen molar-refractivity contribution in [1.82, 2.24) is 10.6 Å². The second-order valence-electron chi connectivity index (χ2n) is 4.68. The molecule has 0 aliphatic rings. The Morgan fingerprint density at radius 2 is 1.74 bits per heavy atom. The molecule has 0 radical (unpaired) electrons. The van der Waals surface area contributed by atoms with Crippen LogP contribution >= 0.6 is 12.4 Å². The van der Waals surface area contributed by atoms with E-state index in [-0.39, 0.29) is 24.2 Å². The highest BCUT2D eigenvalue weighted by Gasteiger charge is 2.20. The van der Waals surface area contributed by atoms with Gasteiger partial charge < -0.3 is 16.4 Å². The second-order valence-corrected chi connectivity index (χ2v) is 4.68. The molecule has 0 aromatic heterocycles. The molecule has 106 valence electrons. The van der Waals surface area contributed by atoms with Crippen LogP contribution in [-0.2, 0) is 11.3 Å². The van der Waals surface area contributed by atoms with E-state index in [4.69, 9.17) is 5.73 Å². The summed E-state index contributed by atoms with van der Waals surface area (Å²) in [5.74, 6) is -0.341. The summed E-state index contributed by atoms with van der Waals surface area (Å²) >= 11 is 0. The smallest absolute Gasteiger partial charge is 0.251 e. The third-order valence-corrected chi connectivity index (χ3v) is 2.48. The molecule has 0 saturated heterocycles. The van der Waals surface area contributed by atoms with Gasteiger partial charge >= 0.3 is 0 Å². The number of carbonyl (C=O) groups excluding carboxylic acids is 2. The van der Waals surface area contributed by atoms with E-state index in [0.29, 0.717) is 12.1 Å². The van der Waals surface area contributed by atoms with Gasteiger partial charge in [-0.2, -0.15) is 0 Å². The Bertz CT molecular complexity index is 438. The van der Waals surface area contributed by atoms with Crippen molar-refractivity contribution in [3.63, 3.8) is 0 Å². The maximum atomic E-state index is 11.6. The van der Waals surface area contributed by atoms with E-state index >= 15 is 0 Å². The molecule has 1 aromatic carbocycles. The number of benzene rings is 1. The van der Waals surface area contributed by atoms with Crippen molar-refractivity contribution in [2.75, 3.05) is 7.05 Å². The standard InChI is InChI=1S/C13H19N3O2.ClH/c1-13(2,14)12(18)16-8-9-4-6-10(7-5-9)11(17)15-3;/h4-7H,8,14H2,1-3H3,(H,15,17)(H,16,18);1H. The zero-order chi connectivity index (χ0) is 13.8. The highest BCUT2D eigenvalue weighted by Crippen LogP contribution is 2.05. The van der Waals surface area contributed by atoms with Crippen LogP contribution in [0, 0.1) is 0 Å². The van der Waals surface area contributed by atoms with Crippen molar-refractivity contribution in [3.05, 3.63) is 35.4 Å². The summed E-state index contributed by atoms with van der Waals surface area (Å²) in [6.45, 7) is 3.70. The summed E-state index contributed by atoms with van der Waals surface area (Å²) in [6, 6.07) is 7.03. The molecule has 0 bridgehead atoms. The molecule has 0 saturated carbocycles. The molecule has 1 aromatic rings. The molecule has 6 heteroatoms. The zero-order valence-corrected chi connectivity index (χ0v) is 12.1. The Kier molecular flexibility index (Phi) is 6.52. The summed E-state index contributed by atoms with van der Waals surface area (Å²) in [5.41, 5.74) is 6.28. The molecule has 0 heterocycles. The number of halogens is 1. The summed E-state index contributed by atoms with van der Waals surface area (Å²) in [6.07, 6.45) is 0.